The van der Waals surface area contributed by atoms with Gasteiger partial charge in [-0.3, -0.25) is 0 Å². The third kappa shape index (κ3) is 2.57. The number of benzene rings is 1. The van der Waals surface area contributed by atoms with Crippen molar-refractivity contribution in [3.63, 3.8) is 0 Å². The van der Waals surface area contributed by atoms with Gasteiger partial charge in [-0.15, -0.1) is 5.10 Å². The number of aromatic amines is 1. The summed E-state index contributed by atoms with van der Waals surface area (Å²) in [5, 5.41) is 11.8. The number of tetrazole rings is 1. The van der Waals surface area contributed by atoms with Gasteiger partial charge in [0.1, 0.15) is 0 Å². The summed E-state index contributed by atoms with van der Waals surface area (Å²) in [5.41, 5.74) is -1.70. The minimum atomic E-state index is -4.72. The number of sulfone groups is 1. The predicted octanol–water partition coefficient (Wildman–Crippen LogP) is 1.29. The second kappa shape index (κ2) is 4.30. The summed E-state index contributed by atoms with van der Waals surface area (Å²) in [6.45, 7) is 0. The van der Waals surface area contributed by atoms with Gasteiger partial charge >= 0.3 is 6.18 Å². The fraction of sp³-hybridized carbons (Fsp3) is 0.222. The highest BCUT2D eigenvalue weighted by Gasteiger charge is 2.37. The summed E-state index contributed by atoms with van der Waals surface area (Å²) in [6.07, 6.45) is -3.90. The molecule has 10 heteroatoms. The molecule has 0 radical (unpaired) electrons. The number of nitrogens with zero attached hydrogens (tertiary/aromatic N) is 3. The Balaban J connectivity index is 2.86. The van der Waals surface area contributed by atoms with Gasteiger partial charge in [0.15, 0.2) is 15.7 Å². The number of nitrogens with one attached hydrogen (secondary N) is 1. The van der Waals surface area contributed by atoms with E-state index in [0.717, 1.165) is 24.5 Å². The molecule has 102 valence electrons. The lowest BCUT2D eigenvalue weighted by molar-refractivity contribution is -0.137. The molecule has 0 saturated carbocycles. The molecule has 0 amide bonds. The fourth-order valence-electron chi connectivity index (χ4n) is 1.59. The van der Waals surface area contributed by atoms with Gasteiger partial charge in [0.05, 0.1) is 16.0 Å². The van der Waals surface area contributed by atoms with Crippen molar-refractivity contribution in [2.75, 3.05) is 6.26 Å². The molecule has 19 heavy (non-hydrogen) atoms. The molecule has 6 nitrogen and oxygen atoms in total. The molecular weight excluding hydrogens is 285 g/mol. The van der Waals surface area contributed by atoms with Crippen molar-refractivity contribution in [3.8, 4) is 11.4 Å². The maximum Gasteiger partial charge on any atom is 0.417 e. The molecule has 1 heterocycles. The van der Waals surface area contributed by atoms with Gasteiger partial charge in [-0.1, -0.05) is 6.07 Å². The zero-order valence-corrected chi connectivity index (χ0v) is 10.2. The number of halogens is 3. The van der Waals surface area contributed by atoms with Crippen LogP contribution in [-0.2, 0) is 16.0 Å². The second-order valence-electron chi connectivity index (χ2n) is 3.70. The van der Waals surface area contributed by atoms with Gasteiger partial charge in [-0.2, -0.15) is 13.2 Å². The molecule has 0 bridgehead atoms. The number of hydrogen-bond acceptors (Lipinski definition) is 5. The van der Waals surface area contributed by atoms with Crippen LogP contribution < -0.4 is 0 Å². The average molecular weight is 292 g/mol. The Labute approximate surface area is 105 Å². The Kier molecular flexibility index (Phi) is 3.04. The summed E-state index contributed by atoms with van der Waals surface area (Å²) in [5.74, 6) is -0.353. The molecule has 0 aliphatic carbocycles. The molecule has 0 fully saturated rings. The molecule has 2 rings (SSSR count). The summed E-state index contributed by atoms with van der Waals surface area (Å²) < 4.78 is 61.9. The predicted molar refractivity (Wildman–Crippen MR) is 57.7 cm³/mol. The molecule has 0 aliphatic heterocycles. The number of aromatic nitrogens is 4. The van der Waals surface area contributed by atoms with Gasteiger partial charge < -0.3 is 0 Å². The van der Waals surface area contributed by atoms with E-state index in [0.29, 0.717) is 0 Å². The number of alkyl halides is 3. The first-order valence-electron chi connectivity index (χ1n) is 4.85. The van der Waals surface area contributed by atoms with Gasteiger partial charge in [-0.25, -0.2) is 13.5 Å². The van der Waals surface area contributed by atoms with E-state index in [1.807, 2.05) is 0 Å². The highest BCUT2D eigenvalue weighted by molar-refractivity contribution is 7.90. The Morgan fingerprint density at radius 3 is 2.42 bits per heavy atom. The Morgan fingerprint density at radius 1 is 1.26 bits per heavy atom. The lowest BCUT2D eigenvalue weighted by atomic mass is 10.1. The normalized spacial score (nSPS) is 12.6. The first-order chi connectivity index (χ1) is 8.71. The molecule has 1 aromatic carbocycles. The zero-order chi connectivity index (χ0) is 14.3. The lowest BCUT2D eigenvalue weighted by Crippen LogP contribution is -2.11. The van der Waals surface area contributed by atoms with Crippen LogP contribution in [0.3, 0.4) is 0 Å². The van der Waals surface area contributed by atoms with E-state index in [1.54, 1.807) is 0 Å². The van der Waals surface area contributed by atoms with E-state index in [2.05, 4.69) is 20.6 Å². The minimum Gasteiger partial charge on any atom is -0.239 e. The first-order valence-corrected chi connectivity index (χ1v) is 6.75. The number of hydrogen-bond donors (Lipinski definition) is 1. The van der Waals surface area contributed by atoms with Gasteiger partial charge in [0, 0.05) is 6.26 Å². The standard InChI is InChI=1S/C9H7F3N4O2S/c1-19(17,18)6-4-2-3-5(9(10,11)12)7(6)8-13-15-16-14-8/h2-4H,1H3,(H,13,14,15,16). The minimum absolute atomic E-state index is 0.353. The highest BCUT2D eigenvalue weighted by atomic mass is 32.2. The Hall–Kier alpha value is -1.97. The van der Waals surface area contributed by atoms with Crippen molar-refractivity contribution < 1.29 is 21.6 Å². The second-order valence-corrected chi connectivity index (χ2v) is 5.68. The largest absolute Gasteiger partial charge is 0.417 e. The van der Waals surface area contributed by atoms with Crippen LogP contribution in [0.15, 0.2) is 23.1 Å². The summed E-state index contributed by atoms with van der Waals surface area (Å²) in [7, 11) is -3.86. The quantitative estimate of drug-likeness (QED) is 0.901. The molecule has 0 atom stereocenters. The maximum atomic E-state index is 12.9. The molecule has 0 unspecified atom stereocenters. The topological polar surface area (TPSA) is 88.6 Å². The Morgan fingerprint density at radius 2 is 1.95 bits per heavy atom. The zero-order valence-electron chi connectivity index (χ0n) is 9.43. The molecule has 0 aliphatic rings. The molecule has 0 saturated heterocycles. The average Bonchev–Trinajstić information content (AvgIpc) is 2.78. The Bertz CT molecular complexity index is 695. The first kappa shape index (κ1) is 13.5. The van der Waals surface area contributed by atoms with Crippen molar-refractivity contribution in [2.45, 2.75) is 11.1 Å². The van der Waals surface area contributed by atoms with E-state index in [1.165, 1.54) is 0 Å². The van der Waals surface area contributed by atoms with Crippen LogP contribution in [0.1, 0.15) is 5.56 Å². The van der Waals surface area contributed by atoms with Crippen molar-refractivity contribution >= 4 is 9.84 Å². The maximum absolute atomic E-state index is 12.9. The van der Waals surface area contributed by atoms with Crippen molar-refractivity contribution in [3.05, 3.63) is 23.8 Å². The van der Waals surface area contributed by atoms with Crippen molar-refractivity contribution in [2.24, 2.45) is 0 Å². The van der Waals surface area contributed by atoms with E-state index in [4.69, 9.17) is 0 Å². The highest BCUT2D eigenvalue weighted by Crippen LogP contribution is 2.38. The van der Waals surface area contributed by atoms with Crippen LogP contribution in [-0.4, -0.2) is 35.3 Å². The third-order valence-electron chi connectivity index (χ3n) is 2.31. The van der Waals surface area contributed by atoms with Crippen LogP contribution >= 0.6 is 0 Å². The fourth-order valence-corrected chi connectivity index (χ4v) is 2.49. The monoisotopic (exact) mass is 292 g/mol. The van der Waals surface area contributed by atoms with Gasteiger partial charge in [-0.05, 0) is 22.6 Å². The van der Waals surface area contributed by atoms with Gasteiger partial charge in [0.2, 0.25) is 0 Å². The van der Waals surface area contributed by atoms with Crippen molar-refractivity contribution in [1.29, 1.82) is 0 Å². The smallest absolute Gasteiger partial charge is 0.239 e. The third-order valence-corrected chi connectivity index (χ3v) is 3.45. The SMILES string of the molecule is CS(=O)(=O)c1cccc(C(F)(F)F)c1-c1nnn[nH]1. The van der Waals surface area contributed by atoms with E-state index >= 15 is 0 Å². The van der Waals surface area contributed by atoms with Crippen LogP contribution in [0.2, 0.25) is 0 Å². The summed E-state index contributed by atoms with van der Waals surface area (Å²) in [4.78, 5) is -0.485. The van der Waals surface area contributed by atoms with Crippen molar-refractivity contribution in [1.82, 2.24) is 20.6 Å². The molecule has 1 N–H and O–H groups in total. The summed E-state index contributed by atoms with van der Waals surface area (Å²) >= 11 is 0. The van der Waals surface area contributed by atoms with E-state index < -0.39 is 32.0 Å². The number of rotatable bonds is 2. The molecular formula is C9H7F3N4O2S. The number of H-pyrrole nitrogens is 1. The van der Waals surface area contributed by atoms with Crippen LogP contribution in [0, 0.1) is 0 Å². The van der Waals surface area contributed by atoms with Gasteiger partial charge in [0.25, 0.3) is 0 Å². The van der Waals surface area contributed by atoms with Crippen LogP contribution in [0.5, 0.6) is 0 Å². The molecule has 2 aromatic rings. The van der Waals surface area contributed by atoms with Crippen LogP contribution in [0.4, 0.5) is 13.2 Å². The van der Waals surface area contributed by atoms with E-state index in [9.17, 15) is 21.6 Å². The molecule has 1 aromatic heterocycles. The van der Waals surface area contributed by atoms with Crippen LogP contribution in [0.25, 0.3) is 11.4 Å². The lowest BCUT2D eigenvalue weighted by Gasteiger charge is -2.13. The molecule has 0 spiro atoms. The van der Waals surface area contributed by atoms with E-state index in [-0.39, 0.29) is 5.82 Å². The summed E-state index contributed by atoms with van der Waals surface area (Å²) in [6, 6.07) is 2.86.